The molecule has 1 aromatic heterocycles. The van der Waals surface area contributed by atoms with Gasteiger partial charge in [-0.1, -0.05) is 30.3 Å². The molecule has 2 aromatic carbocycles. The van der Waals surface area contributed by atoms with Crippen LogP contribution in [0.3, 0.4) is 0 Å². The lowest BCUT2D eigenvalue weighted by atomic mass is 9.85. The molecule has 0 saturated heterocycles. The number of nitrogens with one attached hydrogen (secondary N) is 2. The molecule has 7 heteroatoms. The summed E-state index contributed by atoms with van der Waals surface area (Å²) in [7, 11) is 0. The van der Waals surface area contributed by atoms with E-state index < -0.39 is 0 Å². The van der Waals surface area contributed by atoms with Crippen molar-refractivity contribution in [3.63, 3.8) is 0 Å². The van der Waals surface area contributed by atoms with E-state index in [1.54, 1.807) is 11.8 Å². The number of para-hydroxylation sites is 1. The van der Waals surface area contributed by atoms with Crippen LogP contribution in [0.2, 0.25) is 0 Å². The minimum absolute atomic E-state index is 0.0405. The van der Waals surface area contributed by atoms with Crippen LogP contribution in [-0.2, 0) is 4.79 Å². The zero-order chi connectivity index (χ0) is 18.8. The molecule has 0 unspecified atom stereocenters. The number of thioether (sulfide) groups is 1. The summed E-state index contributed by atoms with van der Waals surface area (Å²) in [5.74, 6) is 0.311. The van der Waals surface area contributed by atoms with Crippen LogP contribution in [-0.4, -0.2) is 33.0 Å². The molecule has 0 saturated carbocycles. The Kier molecular flexibility index (Phi) is 4.85. The van der Waals surface area contributed by atoms with Crippen LogP contribution in [0.25, 0.3) is 0 Å². The van der Waals surface area contributed by atoms with Gasteiger partial charge in [-0.3, -0.25) is 4.79 Å². The zero-order valence-electron chi connectivity index (χ0n) is 15.2. The average molecular weight is 379 g/mol. The van der Waals surface area contributed by atoms with Gasteiger partial charge in [-0.25, -0.2) is 4.68 Å². The van der Waals surface area contributed by atoms with Gasteiger partial charge in [-0.2, -0.15) is 10.1 Å². The van der Waals surface area contributed by atoms with Gasteiger partial charge < -0.3 is 10.6 Å². The molecule has 0 bridgehead atoms. The van der Waals surface area contributed by atoms with Gasteiger partial charge in [-0.15, -0.1) is 11.8 Å². The minimum atomic E-state index is -0.334. The van der Waals surface area contributed by atoms with E-state index in [1.165, 1.54) is 11.2 Å². The van der Waals surface area contributed by atoms with Gasteiger partial charge in [-0.05, 0) is 43.0 Å². The summed E-state index contributed by atoms with van der Waals surface area (Å²) < 4.78 is 1.81. The molecule has 3 atom stereocenters. The van der Waals surface area contributed by atoms with Crippen molar-refractivity contribution in [3.8, 4) is 0 Å². The first kappa shape index (κ1) is 17.6. The van der Waals surface area contributed by atoms with Crippen LogP contribution in [0.15, 0.2) is 65.8 Å². The van der Waals surface area contributed by atoms with Crippen molar-refractivity contribution in [2.75, 3.05) is 16.9 Å². The summed E-state index contributed by atoms with van der Waals surface area (Å²) in [4.78, 5) is 18.7. The largest absolute Gasteiger partial charge is 0.351 e. The number of nitrogens with zero attached hydrogens (tertiary/aromatic N) is 3. The highest BCUT2D eigenvalue weighted by molar-refractivity contribution is 7.98. The van der Waals surface area contributed by atoms with E-state index in [2.05, 4.69) is 45.0 Å². The van der Waals surface area contributed by atoms with E-state index in [1.807, 2.05) is 48.2 Å². The topological polar surface area (TPSA) is 71.8 Å². The molecule has 6 nitrogen and oxygen atoms in total. The smallest absolute Gasteiger partial charge is 0.232 e. The number of hydrogen-bond donors (Lipinski definition) is 2. The first-order valence-electron chi connectivity index (χ1n) is 8.83. The standard InChI is InChI=1S/C20H21N5OS/c1-13-17(19(26)24-15-6-4-3-5-7-15)18(25-20(23-13)21-12-22-25)14-8-10-16(27-2)11-9-14/h3-13,17-18H,1-2H3,(H,24,26)(H,21,22,23)/t13-,17-,18-/m0/s1. The van der Waals surface area contributed by atoms with Crippen molar-refractivity contribution in [2.24, 2.45) is 5.92 Å². The maximum atomic E-state index is 13.2. The molecule has 2 heterocycles. The zero-order valence-corrected chi connectivity index (χ0v) is 16.0. The molecule has 2 N–H and O–H groups in total. The van der Waals surface area contributed by atoms with Gasteiger partial charge in [0.05, 0.1) is 12.0 Å². The fourth-order valence-electron chi connectivity index (χ4n) is 3.54. The Morgan fingerprint density at radius 1 is 1.15 bits per heavy atom. The predicted octanol–water partition coefficient (Wildman–Crippen LogP) is 3.66. The fraction of sp³-hybridized carbons (Fsp3) is 0.250. The summed E-state index contributed by atoms with van der Waals surface area (Å²) in [5, 5.41) is 10.7. The van der Waals surface area contributed by atoms with Gasteiger partial charge >= 0.3 is 0 Å². The predicted molar refractivity (Wildman–Crippen MR) is 108 cm³/mol. The van der Waals surface area contributed by atoms with Crippen LogP contribution in [0.4, 0.5) is 11.6 Å². The lowest BCUT2D eigenvalue weighted by Crippen LogP contribution is -2.46. The summed E-state index contributed by atoms with van der Waals surface area (Å²) in [6.45, 7) is 2.01. The number of anilines is 2. The number of fused-ring (bicyclic) bond motifs is 1. The number of benzene rings is 2. The molecule has 0 spiro atoms. The molecule has 138 valence electrons. The van der Waals surface area contributed by atoms with Crippen molar-refractivity contribution in [1.82, 2.24) is 14.8 Å². The summed E-state index contributed by atoms with van der Waals surface area (Å²) in [6, 6.07) is 17.5. The molecule has 0 fully saturated rings. The third-order valence-corrected chi connectivity index (χ3v) is 5.62. The Labute approximate surface area is 162 Å². The molecule has 3 aromatic rings. The van der Waals surface area contributed by atoms with Crippen LogP contribution in [0.5, 0.6) is 0 Å². The van der Waals surface area contributed by atoms with E-state index in [-0.39, 0.29) is 23.9 Å². The lowest BCUT2D eigenvalue weighted by molar-refractivity contribution is -0.121. The molecule has 0 radical (unpaired) electrons. The lowest BCUT2D eigenvalue weighted by Gasteiger charge is -2.36. The number of rotatable bonds is 4. The number of carbonyl (C=O) groups is 1. The van der Waals surface area contributed by atoms with Crippen molar-refractivity contribution >= 4 is 29.3 Å². The van der Waals surface area contributed by atoms with Crippen molar-refractivity contribution in [2.45, 2.75) is 23.9 Å². The highest BCUT2D eigenvalue weighted by Gasteiger charge is 2.41. The minimum Gasteiger partial charge on any atom is -0.351 e. The molecular formula is C20H21N5OS. The van der Waals surface area contributed by atoms with Gasteiger partial charge in [0.15, 0.2) is 0 Å². The van der Waals surface area contributed by atoms with Crippen LogP contribution in [0.1, 0.15) is 18.5 Å². The van der Waals surface area contributed by atoms with E-state index in [0.717, 1.165) is 11.3 Å². The second kappa shape index (κ2) is 7.44. The third kappa shape index (κ3) is 3.42. The molecule has 1 aliphatic rings. The van der Waals surface area contributed by atoms with Gasteiger partial charge in [0, 0.05) is 16.6 Å². The van der Waals surface area contributed by atoms with Crippen molar-refractivity contribution in [3.05, 3.63) is 66.5 Å². The maximum absolute atomic E-state index is 13.2. The van der Waals surface area contributed by atoms with Gasteiger partial charge in [0.1, 0.15) is 6.33 Å². The molecule has 4 rings (SSSR count). The van der Waals surface area contributed by atoms with Crippen LogP contribution >= 0.6 is 11.8 Å². The first-order chi connectivity index (χ1) is 13.2. The van der Waals surface area contributed by atoms with Gasteiger partial charge in [0.25, 0.3) is 0 Å². The number of carbonyl (C=O) groups excluding carboxylic acids is 1. The van der Waals surface area contributed by atoms with E-state index in [4.69, 9.17) is 0 Å². The van der Waals surface area contributed by atoms with Crippen molar-refractivity contribution < 1.29 is 4.79 Å². The molecule has 0 aliphatic carbocycles. The number of hydrogen-bond acceptors (Lipinski definition) is 5. The van der Waals surface area contributed by atoms with Crippen molar-refractivity contribution in [1.29, 1.82) is 0 Å². The maximum Gasteiger partial charge on any atom is 0.232 e. The summed E-state index contributed by atoms with van der Waals surface area (Å²) in [6.07, 6.45) is 3.57. The second-order valence-electron chi connectivity index (χ2n) is 6.56. The normalized spacial score (nSPS) is 21.2. The molecule has 27 heavy (non-hydrogen) atoms. The number of aromatic nitrogens is 3. The fourth-order valence-corrected chi connectivity index (χ4v) is 3.95. The van der Waals surface area contributed by atoms with E-state index >= 15 is 0 Å². The average Bonchev–Trinajstić information content (AvgIpc) is 3.15. The molecule has 1 aliphatic heterocycles. The Hall–Kier alpha value is -2.80. The van der Waals surface area contributed by atoms with E-state index in [0.29, 0.717) is 5.95 Å². The summed E-state index contributed by atoms with van der Waals surface area (Å²) >= 11 is 1.69. The Morgan fingerprint density at radius 2 is 1.89 bits per heavy atom. The Balaban J connectivity index is 1.71. The monoisotopic (exact) mass is 379 g/mol. The highest BCUT2D eigenvalue weighted by Crippen LogP contribution is 2.36. The van der Waals surface area contributed by atoms with Crippen LogP contribution < -0.4 is 10.6 Å². The molecule has 1 amide bonds. The third-order valence-electron chi connectivity index (χ3n) is 4.87. The van der Waals surface area contributed by atoms with E-state index in [9.17, 15) is 4.79 Å². The SMILES string of the molecule is CSc1ccc([C@H]2[C@@H](C(=O)Nc3ccccc3)[C@H](C)Nc3ncnn32)cc1. The first-order valence-corrected chi connectivity index (χ1v) is 10.1. The quantitative estimate of drug-likeness (QED) is 0.677. The number of amides is 1. The highest BCUT2D eigenvalue weighted by atomic mass is 32.2. The van der Waals surface area contributed by atoms with Crippen LogP contribution in [0, 0.1) is 5.92 Å². The Morgan fingerprint density at radius 3 is 2.59 bits per heavy atom. The Bertz CT molecular complexity index is 925. The summed E-state index contributed by atoms with van der Waals surface area (Å²) in [5.41, 5.74) is 1.83. The molecular weight excluding hydrogens is 358 g/mol. The second-order valence-corrected chi connectivity index (χ2v) is 7.44. The van der Waals surface area contributed by atoms with Gasteiger partial charge in [0.2, 0.25) is 11.9 Å².